The molecule has 0 aromatic carbocycles. The molecule has 3 nitrogen and oxygen atoms in total. The van der Waals surface area contributed by atoms with E-state index in [2.05, 4.69) is 4.98 Å². The molecule has 0 amide bonds. The van der Waals surface area contributed by atoms with Crippen molar-refractivity contribution in [3.05, 3.63) is 23.4 Å². The quantitative estimate of drug-likeness (QED) is 0.629. The predicted molar refractivity (Wildman–Crippen MR) is 68.9 cm³/mol. The molecule has 1 heterocycles. The first kappa shape index (κ1) is 12.1. The molecule has 0 unspecified atom stereocenters. The lowest BCUT2D eigenvalue weighted by Gasteiger charge is -2.15. The van der Waals surface area contributed by atoms with E-state index < -0.39 is 0 Å². The third-order valence-corrected chi connectivity index (χ3v) is 3.66. The molecule has 0 atom stereocenters. The number of hydrogen-bond donors (Lipinski definition) is 1. The van der Waals surface area contributed by atoms with Crippen molar-refractivity contribution in [3.63, 3.8) is 0 Å². The molecule has 1 aliphatic rings. The van der Waals surface area contributed by atoms with Crippen molar-refractivity contribution in [2.24, 2.45) is 5.92 Å². The second kappa shape index (κ2) is 5.30. The molecule has 0 radical (unpaired) electrons. The summed E-state index contributed by atoms with van der Waals surface area (Å²) in [6, 6.07) is 1.86. The molecule has 1 fully saturated rings. The molecule has 0 aliphatic heterocycles. The summed E-state index contributed by atoms with van der Waals surface area (Å²) in [4.78, 5) is 16.5. The van der Waals surface area contributed by atoms with Crippen LogP contribution in [0.25, 0.3) is 0 Å². The van der Waals surface area contributed by atoms with E-state index in [0.29, 0.717) is 11.4 Å². The fourth-order valence-electron chi connectivity index (χ4n) is 2.65. The molecular formula is C14H20N2O. The molecule has 1 aliphatic carbocycles. The van der Waals surface area contributed by atoms with Gasteiger partial charge >= 0.3 is 0 Å². The third kappa shape index (κ3) is 2.65. The van der Waals surface area contributed by atoms with Gasteiger partial charge in [0.1, 0.15) is 5.82 Å². The number of aromatic nitrogens is 1. The Labute approximate surface area is 102 Å². The smallest absolute Gasteiger partial charge is 0.169 e. The zero-order valence-corrected chi connectivity index (χ0v) is 10.4. The summed E-state index contributed by atoms with van der Waals surface area (Å²) in [6.07, 6.45) is 8.51. The number of rotatable bonds is 2. The van der Waals surface area contributed by atoms with Gasteiger partial charge in [-0.3, -0.25) is 4.79 Å². The van der Waals surface area contributed by atoms with Crippen molar-refractivity contribution >= 4 is 11.6 Å². The van der Waals surface area contributed by atoms with E-state index in [1.807, 2.05) is 13.0 Å². The summed E-state index contributed by atoms with van der Waals surface area (Å²) in [7, 11) is 0. The molecular weight excluding hydrogens is 212 g/mol. The number of carbonyl (C=O) groups excluding carboxylic acids is 1. The monoisotopic (exact) mass is 232 g/mol. The van der Waals surface area contributed by atoms with Crippen molar-refractivity contribution in [2.45, 2.75) is 45.4 Å². The van der Waals surface area contributed by atoms with Crippen LogP contribution in [-0.4, -0.2) is 10.8 Å². The Kier molecular flexibility index (Phi) is 3.77. The van der Waals surface area contributed by atoms with E-state index in [1.165, 1.54) is 12.8 Å². The second-order valence-corrected chi connectivity index (χ2v) is 4.94. The Morgan fingerprint density at radius 2 is 1.94 bits per heavy atom. The van der Waals surface area contributed by atoms with E-state index in [0.717, 1.165) is 31.2 Å². The number of aryl methyl sites for hydroxylation is 1. The van der Waals surface area contributed by atoms with Gasteiger partial charge in [0, 0.05) is 12.1 Å². The van der Waals surface area contributed by atoms with Crippen LogP contribution < -0.4 is 5.73 Å². The highest BCUT2D eigenvalue weighted by molar-refractivity contribution is 6.02. The van der Waals surface area contributed by atoms with E-state index in [1.54, 1.807) is 6.20 Å². The number of carbonyl (C=O) groups is 1. The van der Waals surface area contributed by atoms with Crippen molar-refractivity contribution in [1.82, 2.24) is 4.98 Å². The average Bonchev–Trinajstić information content (AvgIpc) is 2.57. The van der Waals surface area contributed by atoms with Gasteiger partial charge in [0.05, 0.1) is 5.56 Å². The molecule has 1 saturated carbocycles. The summed E-state index contributed by atoms with van der Waals surface area (Å²) in [5.74, 6) is 0.747. The molecule has 92 valence electrons. The molecule has 1 aromatic rings. The van der Waals surface area contributed by atoms with Crippen LogP contribution in [0.5, 0.6) is 0 Å². The van der Waals surface area contributed by atoms with E-state index in [4.69, 9.17) is 5.73 Å². The highest BCUT2D eigenvalue weighted by Gasteiger charge is 2.24. The Bertz CT molecular complexity index is 386. The Morgan fingerprint density at radius 1 is 1.29 bits per heavy atom. The lowest BCUT2D eigenvalue weighted by atomic mass is 9.89. The minimum Gasteiger partial charge on any atom is -0.383 e. The van der Waals surface area contributed by atoms with Crippen LogP contribution in [-0.2, 0) is 0 Å². The highest BCUT2D eigenvalue weighted by Crippen LogP contribution is 2.28. The van der Waals surface area contributed by atoms with Gasteiger partial charge in [0.2, 0.25) is 0 Å². The third-order valence-electron chi connectivity index (χ3n) is 3.66. The van der Waals surface area contributed by atoms with Gasteiger partial charge in [0.15, 0.2) is 5.78 Å². The summed E-state index contributed by atoms with van der Waals surface area (Å²) in [5, 5.41) is 0. The van der Waals surface area contributed by atoms with Crippen LogP contribution >= 0.6 is 0 Å². The summed E-state index contributed by atoms with van der Waals surface area (Å²) >= 11 is 0. The number of hydrogen-bond acceptors (Lipinski definition) is 3. The molecule has 0 bridgehead atoms. The van der Waals surface area contributed by atoms with Crippen molar-refractivity contribution in [3.8, 4) is 0 Å². The number of nitrogen functional groups attached to an aromatic ring is 1. The minimum atomic E-state index is 0.155. The maximum atomic E-state index is 12.5. The van der Waals surface area contributed by atoms with Gasteiger partial charge < -0.3 is 5.73 Å². The number of ketones is 1. The number of anilines is 1. The maximum absolute atomic E-state index is 12.5. The fourth-order valence-corrected chi connectivity index (χ4v) is 2.65. The SMILES string of the molecule is Cc1ccnc(N)c1C(=O)C1CCCCCC1. The summed E-state index contributed by atoms with van der Waals surface area (Å²) in [5.41, 5.74) is 7.44. The van der Waals surface area contributed by atoms with Gasteiger partial charge in [-0.25, -0.2) is 4.98 Å². The minimum absolute atomic E-state index is 0.155. The number of nitrogens with two attached hydrogens (primary N) is 1. The molecule has 0 saturated heterocycles. The zero-order chi connectivity index (χ0) is 12.3. The van der Waals surface area contributed by atoms with Gasteiger partial charge in [-0.05, 0) is 31.4 Å². The van der Waals surface area contributed by atoms with Crippen LogP contribution in [0.1, 0.15) is 54.4 Å². The van der Waals surface area contributed by atoms with Crippen molar-refractivity contribution < 1.29 is 4.79 Å². The first-order valence-electron chi connectivity index (χ1n) is 6.45. The topological polar surface area (TPSA) is 56.0 Å². The summed E-state index contributed by atoms with van der Waals surface area (Å²) < 4.78 is 0. The lowest BCUT2D eigenvalue weighted by Crippen LogP contribution is -2.17. The summed E-state index contributed by atoms with van der Waals surface area (Å²) in [6.45, 7) is 1.93. The first-order chi connectivity index (χ1) is 8.20. The van der Waals surface area contributed by atoms with Crippen molar-refractivity contribution in [1.29, 1.82) is 0 Å². The number of nitrogens with zero attached hydrogens (tertiary/aromatic N) is 1. The largest absolute Gasteiger partial charge is 0.383 e. The number of pyridine rings is 1. The zero-order valence-electron chi connectivity index (χ0n) is 10.4. The predicted octanol–water partition coefficient (Wildman–Crippen LogP) is 3.13. The molecule has 2 N–H and O–H groups in total. The van der Waals surface area contributed by atoms with Crippen LogP contribution in [0.2, 0.25) is 0 Å². The molecule has 3 heteroatoms. The van der Waals surface area contributed by atoms with Gasteiger partial charge in [-0.15, -0.1) is 0 Å². The highest BCUT2D eigenvalue weighted by atomic mass is 16.1. The Balaban J connectivity index is 2.23. The first-order valence-corrected chi connectivity index (χ1v) is 6.45. The maximum Gasteiger partial charge on any atom is 0.169 e. The number of Topliss-reactive ketones (excluding diaryl/α,β-unsaturated/α-hetero) is 1. The molecule has 17 heavy (non-hydrogen) atoms. The fraction of sp³-hybridized carbons (Fsp3) is 0.571. The average molecular weight is 232 g/mol. The van der Waals surface area contributed by atoms with Crippen molar-refractivity contribution in [2.75, 3.05) is 5.73 Å². The van der Waals surface area contributed by atoms with Gasteiger partial charge in [0.25, 0.3) is 0 Å². The van der Waals surface area contributed by atoms with Gasteiger partial charge in [-0.2, -0.15) is 0 Å². The Hall–Kier alpha value is -1.38. The molecule has 1 aromatic heterocycles. The molecule has 0 spiro atoms. The van der Waals surface area contributed by atoms with Crippen LogP contribution in [0.3, 0.4) is 0 Å². The van der Waals surface area contributed by atoms with E-state index in [-0.39, 0.29) is 11.7 Å². The normalized spacial score (nSPS) is 17.7. The standard InChI is InChI=1S/C14H20N2O/c1-10-8-9-16-14(15)12(10)13(17)11-6-4-2-3-5-7-11/h8-9,11H,2-7H2,1H3,(H2,15,16). The van der Waals surface area contributed by atoms with E-state index >= 15 is 0 Å². The van der Waals surface area contributed by atoms with Crippen LogP contribution in [0.15, 0.2) is 12.3 Å². The van der Waals surface area contributed by atoms with Crippen LogP contribution in [0, 0.1) is 12.8 Å². The molecule has 2 rings (SSSR count). The van der Waals surface area contributed by atoms with E-state index in [9.17, 15) is 4.79 Å². The lowest BCUT2D eigenvalue weighted by molar-refractivity contribution is 0.0908. The Morgan fingerprint density at radius 3 is 2.53 bits per heavy atom. The van der Waals surface area contributed by atoms with Gasteiger partial charge in [-0.1, -0.05) is 25.7 Å². The van der Waals surface area contributed by atoms with Crippen LogP contribution in [0.4, 0.5) is 5.82 Å². The second-order valence-electron chi connectivity index (χ2n) is 4.94.